The average Bonchev–Trinajstić information content (AvgIpc) is 2.93. The Labute approximate surface area is 236 Å². The maximum Gasteiger partial charge on any atom is 0.224 e. The number of anilines is 2. The summed E-state index contributed by atoms with van der Waals surface area (Å²) in [6.45, 7) is 4.44. The predicted molar refractivity (Wildman–Crippen MR) is 163 cm³/mol. The number of amides is 2. The summed E-state index contributed by atoms with van der Waals surface area (Å²) in [5.74, 6) is 0.538. The van der Waals surface area contributed by atoms with Gasteiger partial charge in [-0.2, -0.15) is 0 Å². The Bertz CT molecular complexity index is 882. The lowest BCUT2D eigenvalue weighted by Gasteiger charge is -2.05. The van der Waals surface area contributed by atoms with Gasteiger partial charge in [-0.05, 0) is 61.4 Å². The van der Waals surface area contributed by atoms with Gasteiger partial charge in [-0.1, -0.05) is 97.3 Å². The van der Waals surface area contributed by atoms with Crippen LogP contribution in [0.3, 0.4) is 0 Å². The summed E-state index contributed by atoms with van der Waals surface area (Å²) in [4.78, 5) is 23.3. The minimum atomic E-state index is 0.0520. The Morgan fingerprint density at radius 1 is 0.487 bits per heavy atom. The molecule has 2 aromatic rings. The van der Waals surface area contributed by atoms with Crippen LogP contribution in [0, 0.1) is 0 Å². The van der Waals surface area contributed by atoms with Crippen LogP contribution in [0.25, 0.3) is 0 Å². The molecule has 0 atom stereocenters. The van der Waals surface area contributed by atoms with E-state index in [0.29, 0.717) is 12.8 Å². The first kappa shape index (κ1) is 34.0. The van der Waals surface area contributed by atoms with E-state index in [1.165, 1.54) is 70.6 Å². The predicted octanol–water partition coefficient (Wildman–Crippen LogP) is 9.33. The number of phenolic OH excluding ortho intramolecular Hbond substituents is 2. The Morgan fingerprint density at radius 3 is 1.08 bits per heavy atom. The van der Waals surface area contributed by atoms with Crippen LogP contribution in [-0.2, 0) is 9.59 Å². The van der Waals surface area contributed by atoms with Crippen LogP contribution >= 0.6 is 0 Å². The fourth-order valence-electron chi connectivity index (χ4n) is 4.20. The summed E-state index contributed by atoms with van der Waals surface area (Å²) in [6, 6.07) is 13.1. The lowest BCUT2D eigenvalue weighted by atomic mass is 10.1. The second-order valence-corrected chi connectivity index (χ2v) is 10.3. The summed E-state index contributed by atoms with van der Waals surface area (Å²) in [5, 5.41) is 24.0. The highest BCUT2D eigenvalue weighted by atomic mass is 16.3. The zero-order valence-electron chi connectivity index (χ0n) is 24.4. The van der Waals surface area contributed by atoms with Crippen LogP contribution in [0.2, 0.25) is 0 Å². The number of rotatable bonds is 19. The molecule has 0 saturated heterocycles. The van der Waals surface area contributed by atoms with Gasteiger partial charge in [-0.15, -0.1) is 0 Å². The molecule has 0 radical (unpaired) electrons. The number of hydrogen-bond acceptors (Lipinski definition) is 4. The molecule has 0 spiro atoms. The van der Waals surface area contributed by atoms with Gasteiger partial charge in [0.25, 0.3) is 0 Å². The van der Waals surface area contributed by atoms with E-state index in [9.17, 15) is 9.59 Å². The molecular weight excluding hydrogens is 488 g/mol. The molecule has 2 rings (SSSR count). The zero-order chi connectivity index (χ0) is 28.6. The van der Waals surface area contributed by atoms with E-state index in [4.69, 9.17) is 10.2 Å². The van der Waals surface area contributed by atoms with Crippen LogP contribution < -0.4 is 10.6 Å². The van der Waals surface area contributed by atoms with Gasteiger partial charge < -0.3 is 20.8 Å². The van der Waals surface area contributed by atoms with Gasteiger partial charge in [-0.3, -0.25) is 9.59 Å². The fraction of sp³-hybridized carbons (Fsp3) is 0.576. The standard InChI is InChI=1S/C18H29NO2.C15H23NO2/c1-2-3-4-5-6-7-8-9-10-11-18(21)19-16-12-14-17(20)15-13-16;1-2-3-4-5-6-7-8-15(18)16-13-9-11-14(17)12-10-13/h12-15,20H,2-11H2,1H3,(H,19,21);9-12,17H,2-8H2,1H3,(H,16,18). The van der Waals surface area contributed by atoms with Crippen molar-refractivity contribution in [1.82, 2.24) is 0 Å². The minimum Gasteiger partial charge on any atom is -0.508 e. The Morgan fingerprint density at radius 2 is 0.769 bits per heavy atom. The smallest absolute Gasteiger partial charge is 0.224 e. The maximum atomic E-state index is 11.7. The van der Waals surface area contributed by atoms with Gasteiger partial charge in [0.05, 0.1) is 0 Å². The van der Waals surface area contributed by atoms with Crippen molar-refractivity contribution in [3.8, 4) is 11.5 Å². The van der Waals surface area contributed by atoms with Crippen molar-refractivity contribution in [3.63, 3.8) is 0 Å². The molecular formula is C33H52N2O4. The summed E-state index contributed by atoms with van der Waals surface area (Å²) >= 11 is 0. The first-order valence-electron chi connectivity index (χ1n) is 15.1. The Hall–Kier alpha value is -3.02. The molecule has 0 aliphatic rings. The maximum absolute atomic E-state index is 11.7. The summed E-state index contributed by atoms with van der Waals surface area (Å²) < 4.78 is 0. The van der Waals surface area contributed by atoms with Crippen molar-refractivity contribution >= 4 is 23.2 Å². The van der Waals surface area contributed by atoms with Crippen LogP contribution in [0.1, 0.15) is 123 Å². The second-order valence-electron chi connectivity index (χ2n) is 10.3. The summed E-state index contributed by atoms with van der Waals surface area (Å²) in [7, 11) is 0. The molecule has 0 aliphatic heterocycles. The van der Waals surface area contributed by atoms with Gasteiger partial charge in [0.2, 0.25) is 11.8 Å². The van der Waals surface area contributed by atoms with E-state index < -0.39 is 0 Å². The molecule has 2 amide bonds. The molecule has 39 heavy (non-hydrogen) atoms. The first-order chi connectivity index (χ1) is 18.9. The van der Waals surface area contributed by atoms with Gasteiger partial charge in [-0.25, -0.2) is 0 Å². The lowest BCUT2D eigenvalue weighted by Crippen LogP contribution is -2.10. The third-order valence-corrected chi connectivity index (χ3v) is 6.57. The minimum absolute atomic E-state index is 0.0520. The van der Waals surface area contributed by atoms with E-state index in [-0.39, 0.29) is 23.3 Å². The van der Waals surface area contributed by atoms with E-state index in [1.807, 2.05) is 0 Å². The van der Waals surface area contributed by atoms with Crippen LogP contribution in [0.5, 0.6) is 11.5 Å². The number of phenols is 2. The average molecular weight is 541 g/mol. The third-order valence-electron chi connectivity index (χ3n) is 6.57. The third kappa shape index (κ3) is 19.7. The monoisotopic (exact) mass is 540 g/mol. The molecule has 0 aliphatic carbocycles. The Balaban J connectivity index is 0.000000395. The van der Waals surface area contributed by atoms with Gasteiger partial charge in [0.15, 0.2) is 0 Å². The van der Waals surface area contributed by atoms with E-state index >= 15 is 0 Å². The number of aromatic hydroxyl groups is 2. The molecule has 0 saturated carbocycles. The number of hydrogen-bond donors (Lipinski definition) is 4. The van der Waals surface area contributed by atoms with Crippen molar-refractivity contribution in [2.45, 2.75) is 123 Å². The molecule has 6 nitrogen and oxygen atoms in total. The number of carbonyl (C=O) groups excluding carboxylic acids is 2. The normalized spacial score (nSPS) is 10.4. The number of unbranched alkanes of at least 4 members (excludes halogenated alkanes) is 13. The highest BCUT2D eigenvalue weighted by Gasteiger charge is 2.03. The van der Waals surface area contributed by atoms with Crippen molar-refractivity contribution in [1.29, 1.82) is 0 Å². The second kappa shape index (κ2) is 22.9. The highest BCUT2D eigenvalue weighted by Crippen LogP contribution is 2.16. The van der Waals surface area contributed by atoms with Crippen molar-refractivity contribution < 1.29 is 19.8 Å². The number of nitrogens with one attached hydrogen (secondary N) is 2. The molecule has 0 aromatic heterocycles. The van der Waals surface area contributed by atoms with Crippen LogP contribution in [-0.4, -0.2) is 22.0 Å². The zero-order valence-corrected chi connectivity index (χ0v) is 24.4. The first-order valence-corrected chi connectivity index (χ1v) is 15.1. The van der Waals surface area contributed by atoms with Crippen molar-refractivity contribution in [2.24, 2.45) is 0 Å². The largest absolute Gasteiger partial charge is 0.508 e. The molecule has 0 heterocycles. The van der Waals surface area contributed by atoms with E-state index in [2.05, 4.69) is 24.5 Å². The highest BCUT2D eigenvalue weighted by molar-refractivity contribution is 5.91. The molecule has 2 aromatic carbocycles. The molecule has 6 heteroatoms. The molecule has 218 valence electrons. The van der Waals surface area contributed by atoms with Gasteiger partial charge in [0.1, 0.15) is 11.5 Å². The molecule has 0 bridgehead atoms. The van der Waals surface area contributed by atoms with Gasteiger partial charge >= 0.3 is 0 Å². The van der Waals surface area contributed by atoms with Crippen LogP contribution in [0.4, 0.5) is 11.4 Å². The Kier molecular flexibility index (Phi) is 20.0. The summed E-state index contributed by atoms with van der Waals surface area (Å²) in [5.41, 5.74) is 1.48. The molecule has 4 N–H and O–H groups in total. The van der Waals surface area contributed by atoms with Crippen LogP contribution in [0.15, 0.2) is 48.5 Å². The molecule has 0 unspecified atom stereocenters. The van der Waals surface area contributed by atoms with E-state index in [0.717, 1.165) is 37.1 Å². The topological polar surface area (TPSA) is 98.7 Å². The van der Waals surface area contributed by atoms with Crippen molar-refractivity contribution in [3.05, 3.63) is 48.5 Å². The SMILES string of the molecule is CCCCCCCCC(=O)Nc1ccc(O)cc1.CCCCCCCCCCCC(=O)Nc1ccc(O)cc1. The van der Waals surface area contributed by atoms with Crippen molar-refractivity contribution in [2.75, 3.05) is 10.6 Å². The van der Waals surface area contributed by atoms with E-state index in [1.54, 1.807) is 48.5 Å². The quantitative estimate of drug-likeness (QED) is 0.105. The number of carbonyl (C=O) groups is 2. The fourth-order valence-corrected chi connectivity index (χ4v) is 4.20. The lowest BCUT2D eigenvalue weighted by molar-refractivity contribution is -0.117. The number of benzene rings is 2. The van der Waals surface area contributed by atoms with Gasteiger partial charge in [0, 0.05) is 24.2 Å². The summed E-state index contributed by atoms with van der Waals surface area (Å²) in [6.07, 6.45) is 19.6. The molecule has 0 fully saturated rings.